The molecular formula is C17H22N4O4. The van der Waals surface area contributed by atoms with Gasteiger partial charge in [0.25, 0.3) is 5.91 Å². The van der Waals surface area contributed by atoms with E-state index in [0.29, 0.717) is 31.3 Å². The summed E-state index contributed by atoms with van der Waals surface area (Å²) in [4.78, 5) is 22.5. The number of carbonyl (C=O) groups excluding carboxylic acids is 1. The zero-order valence-electron chi connectivity index (χ0n) is 14.0. The predicted octanol–water partition coefficient (Wildman–Crippen LogP) is 1.51. The standard InChI is InChI=1S/C17H22N4O4/c22-17(16-10-25-12-19-16)20-6-14-5-18-11-21(14)15(7-20)9-24-8-13-1-3-23-4-2-13/h5,10-13,15H,1-4,6-9H2. The van der Waals surface area contributed by atoms with E-state index < -0.39 is 0 Å². The molecule has 0 spiro atoms. The van der Waals surface area contributed by atoms with Crippen molar-refractivity contribution in [3.63, 3.8) is 0 Å². The Labute approximate surface area is 145 Å². The van der Waals surface area contributed by atoms with Crippen LogP contribution in [0.25, 0.3) is 0 Å². The van der Waals surface area contributed by atoms with Crippen LogP contribution in [0.3, 0.4) is 0 Å². The minimum atomic E-state index is -0.129. The van der Waals surface area contributed by atoms with Gasteiger partial charge in [0.05, 0.1) is 31.2 Å². The number of nitrogens with zero attached hydrogens (tertiary/aromatic N) is 4. The third-order valence-corrected chi connectivity index (χ3v) is 4.87. The monoisotopic (exact) mass is 346 g/mol. The van der Waals surface area contributed by atoms with E-state index in [4.69, 9.17) is 13.9 Å². The number of ether oxygens (including phenoxy) is 2. The van der Waals surface area contributed by atoms with Crippen molar-refractivity contribution in [3.8, 4) is 0 Å². The molecule has 4 heterocycles. The van der Waals surface area contributed by atoms with E-state index in [1.165, 1.54) is 12.7 Å². The Kier molecular flexibility index (Phi) is 4.80. The number of fused-ring (bicyclic) bond motifs is 1. The lowest BCUT2D eigenvalue weighted by molar-refractivity contribution is 0.00595. The Balaban J connectivity index is 1.39. The van der Waals surface area contributed by atoms with Crippen molar-refractivity contribution in [2.24, 2.45) is 5.92 Å². The van der Waals surface area contributed by atoms with E-state index in [-0.39, 0.29) is 11.9 Å². The molecule has 8 heteroatoms. The topological polar surface area (TPSA) is 82.6 Å². The van der Waals surface area contributed by atoms with Gasteiger partial charge in [0.1, 0.15) is 6.26 Å². The molecule has 25 heavy (non-hydrogen) atoms. The number of rotatable bonds is 5. The average molecular weight is 346 g/mol. The summed E-state index contributed by atoms with van der Waals surface area (Å²) in [6, 6.07) is 0.0574. The van der Waals surface area contributed by atoms with E-state index in [2.05, 4.69) is 14.5 Å². The summed E-state index contributed by atoms with van der Waals surface area (Å²) < 4.78 is 18.4. The summed E-state index contributed by atoms with van der Waals surface area (Å²) in [6.45, 7) is 4.03. The van der Waals surface area contributed by atoms with Crippen molar-refractivity contribution < 1.29 is 18.7 Å². The Bertz CT molecular complexity index is 693. The van der Waals surface area contributed by atoms with Crippen LogP contribution in [0.4, 0.5) is 0 Å². The van der Waals surface area contributed by atoms with Crippen molar-refractivity contribution >= 4 is 5.91 Å². The molecule has 1 atom stereocenters. The first-order valence-corrected chi connectivity index (χ1v) is 8.65. The van der Waals surface area contributed by atoms with Crippen molar-refractivity contribution in [1.82, 2.24) is 19.4 Å². The highest BCUT2D eigenvalue weighted by Crippen LogP contribution is 2.23. The van der Waals surface area contributed by atoms with Gasteiger partial charge in [-0.2, -0.15) is 0 Å². The second-order valence-electron chi connectivity index (χ2n) is 6.60. The largest absolute Gasteiger partial charge is 0.451 e. The third-order valence-electron chi connectivity index (χ3n) is 4.87. The van der Waals surface area contributed by atoms with Gasteiger partial charge in [-0.05, 0) is 18.8 Å². The van der Waals surface area contributed by atoms with Crippen molar-refractivity contribution in [3.05, 3.63) is 36.6 Å². The molecular weight excluding hydrogens is 324 g/mol. The van der Waals surface area contributed by atoms with Crippen molar-refractivity contribution in [2.75, 3.05) is 33.0 Å². The van der Waals surface area contributed by atoms with Gasteiger partial charge in [0, 0.05) is 32.6 Å². The fourth-order valence-corrected chi connectivity index (χ4v) is 3.44. The highest BCUT2D eigenvalue weighted by atomic mass is 16.5. The number of oxazole rings is 1. The fourth-order valence-electron chi connectivity index (χ4n) is 3.44. The van der Waals surface area contributed by atoms with E-state index in [9.17, 15) is 4.79 Å². The highest BCUT2D eigenvalue weighted by Gasteiger charge is 2.30. The molecule has 1 amide bonds. The van der Waals surface area contributed by atoms with Crippen molar-refractivity contribution in [2.45, 2.75) is 25.4 Å². The number of imidazole rings is 1. The van der Waals surface area contributed by atoms with Gasteiger partial charge >= 0.3 is 0 Å². The van der Waals surface area contributed by atoms with E-state index in [0.717, 1.165) is 38.4 Å². The third kappa shape index (κ3) is 3.59. The quantitative estimate of drug-likeness (QED) is 0.816. The first kappa shape index (κ1) is 16.3. The average Bonchev–Trinajstić information content (AvgIpc) is 3.33. The summed E-state index contributed by atoms with van der Waals surface area (Å²) in [6.07, 6.45) is 8.37. The van der Waals surface area contributed by atoms with Crippen LogP contribution in [0.15, 0.2) is 29.6 Å². The smallest absolute Gasteiger partial charge is 0.276 e. The van der Waals surface area contributed by atoms with Gasteiger partial charge in [-0.1, -0.05) is 0 Å². The second kappa shape index (κ2) is 7.37. The van der Waals surface area contributed by atoms with Gasteiger partial charge in [-0.3, -0.25) is 4.79 Å². The van der Waals surface area contributed by atoms with Crippen LogP contribution in [-0.2, 0) is 16.0 Å². The number of amides is 1. The van der Waals surface area contributed by atoms with Gasteiger partial charge in [-0.25, -0.2) is 9.97 Å². The molecule has 2 aliphatic rings. The maximum absolute atomic E-state index is 12.6. The number of hydrogen-bond acceptors (Lipinski definition) is 6. The molecule has 1 fully saturated rings. The van der Waals surface area contributed by atoms with Crippen LogP contribution < -0.4 is 0 Å². The summed E-state index contributed by atoms with van der Waals surface area (Å²) in [5, 5.41) is 0. The normalized spacial score (nSPS) is 21.3. The Morgan fingerprint density at radius 3 is 3.00 bits per heavy atom. The number of aromatic nitrogens is 3. The van der Waals surface area contributed by atoms with Crippen LogP contribution in [0, 0.1) is 5.92 Å². The van der Waals surface area contributed by atoms with E-state index >= 15 is 0 Å². The molecule has 0 N–H and O–H groups in total. The fraction of sp³-hybridized carbons (Fsp3) is 0.588. The first-order valence-electron chi connectivity index (χ1n) is 8.65. The van der Waals surface area contributed by atoms with Crippen LogP contribution >= 0.6 is 0 Å². The summed E-state index contributed by atoms with van der Waals surface area (Å²) >= 11 is 0. The van der Waals surface area contributed by atoms with Crippen LogP contribution in [0.5, 0.6) is 0 Å². The van der Waals surface area contributed by atoms with E-state index in [1.54, 1.807) is 11.1 Å². The molecule has 2 aromatic rings. The lowest BCUT2D eigenvalue weighted by Crippen LogP contribution is -2.42. The zero-order chi connectivity index (χ0) is 17.1. The molecule has 2 aliphatic heterocycles. The van der Waals surface area contributed by atoms with Gasteiger partial charge in [0.2, 0.25) is 0 Å². The Morgan fingerprint density at radius 1 is 1.32 bits per heavy atom. The molecule has 0 saturated carbocycles. The summed E-state index contributed by atoms with van der Waals surface area (Å²) in [7, 11) is 0. The molecule has 2 aromatic heterocycles. The van der Waals surface area contributed by atoms with Crippen LogP contribution in [-0.4, -0.2) is 58.3 Å². The lowest BCUT2D eigenvalue weighted by Gasteiger charge is -2.34. The molecule has 0 bridgehead atoms. The Morgan fingerprint density at radius 2 is 2.20 bits per heavy atom. The summed E-state index contributed by atoms with van der Waals surface area (Å²) in [5.41, 5.74) is 1.33. The highest BCUT2D eigenvalue weighted by molar-refractivity contribution is 5.91. The molecule has 8 nitrogen and oxygen atoms in total. The summed E-state index contributed by atoms with van der Waals surface area (Å²) in [5.74, 6) is 0.433. The second-order valence-corrected chi connectivity index (χ2v) is 6.60. The number of carbonyl (C=O) groups is 1. The molecule has 1 unspecified atom stereocenters. The molecule has 0 aromatic carbocycles. The molecule has 0 aliphatic carbocycles. The molecule has 134 valence electrons. The van der Waals surface area contributed by atoms with Gasteiger partial charge < -0.3 is 23.4 Å². The Hall–Kier alpha value is -2.19. The molecule has 1 saturated heterocycles. The maximum atomic E-state index is 12.6. The van der Waals surface area contributed by atoms with Gasteiger partial charge in [0.15, 0.2) is 12.1 Å². The first-order chi connectivity index (χ1) is 12.3. The minimum Gasteiger partial charge on any atom is -0.451 e. The van der Waals surface area contributed by atoms with Crippen molar-refractivity contribution in [1.29, 1.82) is 0 Å². The minimum absolute atomic E-state index is 0.0574. The van der Waals surface area contributed by atoms with Crippen LogP contribution in [0.2, 0.25) is 0 Å². The van der Waals surface area contributed by atoms with Crippen LogP contribution in [0.1, 0.15) is 35.1 Å². The zero-order valence-corrected chi connectivity index (χ0v) is 14.0. The number of hydrogen-bond donors (Lipinski definition) is 0. The van der Waals surface area contributed by atoms with E-state index in [1.807, 2.05) is 6.33 Å². The molecule has 4 rings (SSSR count). The lowest BCUT2D eigenvalue weighted by atomic mass is 10.0. The predicted molar refractivity (Wildman–Crippen MR) is 86.9 cm³/mol. The SMILES string of the molecule is O=C(c1cocn1)N1Cc2cncn2C(COCC2CCOCC2)C1. The van der Waals surface area contributed by atoms with Gasteiger partial charge in [-0.15, -0.1) is 0 Å². The molecule has 0 radical (unpaired) electrons. The maximum Gasteiger partial charge on any atom is 0.276 e.